The predicted octanol–water partition coefficient (Wildman–Crippen LogP) is 4.48. The number of benzene rings is 1. The van der Waals surface area contributed by atoms with Crippen LogP contribution in [0.5, 0.6) is 0 Å². The second kappa shape index (κ2) is 9.91. The molecule has 0 spiro atoms. The topological polar surface area (TPSA) is 74.3 Å². The summed E-state index contributed by atoms with van der Waals surface area (Å²) in [6, 6.07) is 7.99. The van der Waals surface area contributed by atoms with Crippen LogP contribution in [0.1, 0.15) is 55.1 Å². The Kier molecular flexibility index (Phi) is 7.41. The molecule has 1 aromatic carbocycles. The molecule has 1 aliphatic heterocycles. The van der Waals surface area contributed by atoms with Crippen molar-refractivity contribution in [3.63, 3.8) is 0 Å². The van der Waals surface area contributed by atoms with Gasteiger partial charge in [0.25, 0.3) is 5.91 Å². The number of likely N-dealkylation sites (tertiary alicyclic amines) is 1. The van der Waals surface area contributed by atoms with Gasteiger partial charge < -0.3 is 10.6 Å². The van der Waals surface area contributed by atoms with E-state index in [9.17, 15) is 22.8 Å². The molecular formula is C24H29F3N4O2. The van der Waals surface area contributed by atoms with Crippen molar-refractivity contribution in [1.29, 1.82) is 0 Å². The van der Waals surface area contributed by atoms with Crippen LogP contribution < -0.4 is 10.6 Å². The second-order valence-corrected chi connectivity index (χ2v) is 9.40. The highest BCUT2D eigenvalue weighted by atomic mass is 19.4. The Bertz CT molecular complexity index is 994. The maximum Gasteiger partial charge on any atom is 0.417 e. The van der Waals surface area contributed by atoms with Gasteiger partial charge >= 0.3 is 6.18 Å². The zero-order chi connectivity index (χ0) is 24.2. The molecule has 0 saturated carbocycles. The number of nitrogens with zero attached hydrogens (tertiary/aromatic N) is 2. The van der Waals surface area contributed by atoms with Crippen LogP contribution >= 0.6 is 0 Å². The van der Waals surface area contributed by atoms with Gasteiger partial charge in [-0.1, -0.05) is 12.1 Å². The van der Waals surface area contributed by atoms with Crippen LogP contribution in [0.15, 0.2) is 42.7 Å². The van der Waals surface area contributed by atoms with Gasteiger partial charge in [-0.15, -0.1) is 0 Å². The normalized spacial score (nSPS) is 15.8. The Morgan fingerprint density at radius 1 is 1.09 bits per heavy atom. The summed E-state index contributed by atoms with van der Waals surface area (Å²) in [6.45, 7) is 8.13. The number of carbonyl (C=O) groups excluding carboxylic acids is 2. The summed E-state index contributed by atoms with van der Waals surface area (Å²) in [6.07, 6.45) is -1.21. The molecular weight excluding hydrogens is 433 g/mol. The van der Waals surface area contributed by atoms with E-state index in [1.54, 1.807) is 18.2 Å². The maximum absolute atomic E-state index is 12.9. The third-order valence-corrected chi connectivity index (χ3v) is 5.38. The molecule has 6 nitrogen and oxygen atoms in total. The Morgan fingerprint density at radius 3 is 2.42 bits per heavy atom. The molecule has 0 unspecified atom stereocenters. The van der Waals surface area contributed by atoms with Gasteiger partial charge in [-0.25, -0.2) is 0 Å². The highest BCUT2D eigenvalue weighted by molar-refractivity contribution is 6.04. The van der Waals surface area contributed by atoms with Crippen LogP contribution in [0.4, 0.5) is 18.9 Å². The standard InChI is InChI=1S/C24H29F3N4O2/c1-23(2,3)30-22(33)17-7-9-31(10-8-17)15-16-5-4-6-20(11-16)29-21(32)18-12-19(14-28-13-18)24(25,26)27/h4-6,11-14,17H,7-10,15H2,1-3H3,(H,29,32)(H,30,33). The number of pyridine rings is 1. The van der Waals surface area contributed by atoms with Gasteiger partial charge in [0.05, 0.1) is 11.1 Å². The smallest absolute Gasteiger partial charge is 0.351 e. The van der Waals surface area contributed by atoms with E-state index in [-0.39, 0.29) is 22.9 Å². The molecule has 9 heteroatoms. The lowest BCUT2D eigenvalue weighted by Gasteiger charge is -2.33. The number of anilines is 1. The van der Waals surface area contributed by atoms with E-state index >= 15 is 0 Å². The minimum absolute atomic E-state index is 0.00664. The van der Waals surface area contributed by atoms with Gasteiger partial charge in [0, 0.05) is 36.1 Å². The van der Waals surface area contributed by atoms with E-state index < -0.39 is 17.6 Å². The quantitative estimate of drug-likeness (QED) is 0.687. The Balaban J connectivity index is 1.57. The fourth-order valence-electron chi connectivity index (χ4n) is 3.75. The SMILES string of the molecule is CC(C)(C)NC(=O)C1CCN(Cc2cccc(NC(=O)c3cncc(C(F)(F)F)c3)c2)CC1. The van der Waals surface area contributed by atoms with Crippen LogP contribution in [0.2, 0.25) is 0 Å². The largest absolute Gasteiger partial charge is 0.417 e. The minimum atomic E-state index is -4.57. The van der Waals surface area contributed by atoms with Crippen molar-refractivity contribution >= 4 is 17.5 Å². The molecule has 2 aromatic rings. The van der Waals surface area contributed by atoms with Crippen LogP contribution in [0, 0.1) is 5.92 Å². The van der Waals surface area contributed by atoms with E-state index in [1.807, 2.05) is 26.8 Å². The van der Waals surface area contributed by atoms with Gasteiger partial charge in [0.15, 0.2) is 0 Å². The van der Waals surface area contributed by atoms with E-state index in [1.165, 1.54) is 0 Å². The molecule has 178 valence electrons. The van der Waals surface area contributed by atoms with Gasteiger partial charge in [-0.3, -0.25) is 19.5 Å². The molecule has 0 radical (unpaired) electrons. The van der Waals surface area contributed by atoms with E-state index in [0.29, 0.717) is 18.4 Å². The number of halogens is 3. The van der Waals surface area contributed by atoms with E-state index in [0.717, 1.165) is 43.8 Å². The zero-order valence-corrected chi connectivity index (χ0v) is 19.0. The van der Waals surface area contributed by atoms with Crippen molar-refractivity contribution in [3.8, 4) is 0 Å². The number of aromatic nitrogens is 1. The lowest BCUT2D eigenvalue weighted by molar-refractivity contribution is -0.137. The molecule has 2 amide bonds. The van der Waals surface area contributed by atoms with Crippen molar-refractivity contribution in [1.82, 2.24) is 15.2 Å². The summed E-state index contributed by atoms with van der Waals surface area (Å²) in [5, 5.41) is 5.68. The monoisotopic (exact) mass is 462 g/mol. The summed E-state index contributed by atoms with van der Waals surface area (Å²) in [5.74, 6) is -0.556. The summed E-state index contributed by atoms with van der Waals surface area (Å²) in [5.41, 5.74) is 0.0830. The van der Waals surface area contributed by atoms with Crippen molar-refractivity contribution in [2.75, 3.05) is 18.4 Å². The van der Waals surface area contributed by atoms with Crippen LogP contribution in [0.3, 0.4) is 0 Å². The van der Waals surface area contributed by atoms with Gasteiger partial charge in [0.2, 0.25) is 5.91 Å². The molecule has 1 saturated heterocycles. The highest BCUT2D eigenvalue weighted by Crippen LogP contribution is 2.29. The molecule has 0 bridgehead atoms. The number of carbonyl (C=O) groups is 2. The Morgan fingerprint density at radius 2 is 1.79 bits per heavy atom. The summed E-state index contributed by atoms with van der Waals surface area (Å²) in [4.78, 5) is 30.6. The highest BCUT2D eigenvalue weighted by Gasteiger charge is 2.31. The number of alkyl halides is 3. The number of rotatable bonds is 5. The first kappa shape index (κ1) is 24.7. The van der Waals surface area contributed by atoms with Crippen LogP contribution in [0.25, 0.3) is 0 Å². The number of nitrogens with one attached hydrogen (secondary N) is 2. The summed E-state index contributed by atoms with van der Waals surface area (Å²) < 4.78 is 38.6. The summed E-state index contributed by atoms with van der Waals surface area (Å²) in [7, 11) is 0. The molecule has 0 atom stereocenters. The first-order valence-corrected chi connectivity index (χ1v) is 10.9. The van der Waals surface area contributed by atoms with Gasteiger partial charge in [-0.2, -0.15) is 13.2 Å². The number of hydrogen-bond acceptors (Lipinski definition) is 4. The van der Waals surface area contributed by atoms with Gasteiger partial charge in [0.1, 0.15) is 0 Å². The maximum atomic E-state index is 12.9. The fraction of sp³-hybridized carbons (Fsp3) is 0.458. The van der Waals surface area contributed by atoms with Crippen molar-refractivity contribution < 1.29 is 22.8 Å². The average Bonchev–Trinajstić information content (AvgIpc) is 2.73. The molecule has 2 N–H and O–H groups in total. The van der Waals surface area contributed by atoms with Crippen LogP contribution in [-0.2, 0) is 17.5 Å². The third kappa shape index (κ3) is 7.28. The molecule has 0 aliphatic carbocycles. The molecule has 1 fully saturated rings. The first-order chi connectivity index (χ1) is 15.4. The van der Waals surface area contributed by atoms with E-state index in [4.69, 9.17) is 0 Å². The molecule has 2 heterocycles. The third-order valence-electron chi connectivity index (χ3n) is 5.38. The lowest BCUT2D eigenvalue weighted by Crippen LogP contribution is -2.46. The lowest BCUT2D eigenvalue weighted by atomic mass is 9.94. The van der Waals surface area contributed by atoms with E-state index in [2.05, 4.69) is 20.5 Å². The predicted molar refractivity (Wildman–Crippen MR) is 120 cm³/mol. The Hall–Kier alpha value is -2.94. The molecule has 1 aliphatic rings. The Labute approximate surface area is 191 Å². The number of hydrogen-bond donors (Lipinski definition) is 2. The van der Waals surface area contributed by atoms with Crippen molar-refractivity contribution in [2.24, 2.45) is 5.92 Å². The molecule has 33 heavy (non-hydrogen) atoms. The minimum Gasteiger partial charge on any atom is -0.351 e. The van der Waals surface area contributed by atoms with Crippen molar-refractivity contribution in [3.05, 3.63) is 59.4 Å². The molecule has 1 aromatic heterocycles. The fourth-order valence-corrected chi connectivity index (χ4v) is 3.75. The first-order valence-electron chi connectivity index (χ1n) is 10.9. The summed E-state index contributed by atoms with van der Waals surface area (Å²) >= 11 is 0. The number of piperidine rings is 1. The van der Waals surface area contributed by atoms with Gasteiger partial charge in [-0.05, 0) is 70.5 Å². The zero-order valence-electron chi connectivity index (χ0n) is 19.0. The van der Waals surface area contributed by atoms with Crippen molar-refractivity contribution in [2.45, 2.75) is 51.9 Å². The average molecular weight is 463 g/mol. The molecule has 3 rings (SSSR count). The van der Waals surface area contributed by atoms with Crippen LogP contribution in [-0.4, -0.2) is 40.3 Å². The second-order valence-electron chi connectivity index (χ2n) is 9.40. The number of amides is 2.